The first kappa shape index (κ1) is 23.4. The molecule has 7 nitrogen and oxygen atoms in total. The van der Waals surface area contributed by atoms with Crippen molar-refractivity contribution in [3.63, 3.8) is 0 Å². The molecule has 2 N–H and O–H groups in total. The largest absolute Gasteiger partial charge is 0.484 e. The Bertz CT molecular complexity index is 1140. The molecular weight excluding hydrogens is 453 g/mol. The van der Waals surface area contributed by atoms with Crippen LogP contribution in [0.1, 0.15) is 22.4 Å². The number of primary amides is 1. The van der Waals surface area contributed by atoms with Crippen LogP contribution >= 0.6 is 23.2 Å². The number of aryl methyl sites for hydroxylation is 1. The van der Waals surface area contributed by atoms with Gasteiger partial charge in [-0.1, -0.05) is 47.5 Å². The Morgan fingerprint density at radius 3 is 2.59 bits per heavy atom. The molecule has 0 saturated carbocycles. The number of ether oxygens (including phenoxy) is 2. The average molecular weight is 474 g/mol. The lowest BCUT2D eigenvalue weighted by Gasteiger charge is -2.06. The molecule has 0 unspecified atom stereocenters. The molecule has 9 heteroatoms. The molecule has 32 heavy (non-hydrogen) atoms. The van der Waals surface area contributed by atoms with Gasteiger partial charge in [-0.05, 0) is 48.4 Å². The van der Waals surface area contributed by atoms with Crippen LogP contribution < -0.4 is 10.5 Å². The van der Waals surface area contributed by atoms with Crippen molar-refractivity contribution in [1.82, 2.24) is 9.78 Å². The zero-order valence-electron chi connectivity index (χ0n) is 17.3. The SMILES string of the molecule is Cc1nn(Cc2ccc(Cl)cc2)c(Cl)c1/C=C/C(=O)OCc1cccc(OCC(N)=O)c1. The van der Waals surface area contributed by atoms with E-state index in [-0.39, 0.29) is 13.2 Å². The maximum Gasteiger partial charge on any atom is 0.331 e. The van der Waals surface area contributed by atoms with Crippen LogP contribution in [0.15, 0.2) is 54.6 Å². The zero-order chi connectivity index (χ0) is 23.1. The number of hydrogen-bond donors (Lipinski definition) is 1. The van der Waals surface area contributed by atoms with Crippen LogP contribution in [0.3, 0.4) is 0 Å². The average Bonchev–Trinajstić information content (AvgIpc) is 3.03. The van der Waals surface area contributed by atoms with E-state index in [9.17, 15) is 9.59 Å². The summed E-state index contributed by atoms with van der Waals surface area (Å²) in [5.74, 6) is -0.643. The molecule has 166 valence electrons. The number of benzene rings is 2. The number of nitrogens with two attached hydrogens (primary N) is 1. The summed E-state index contributed by atoms with van der Waals surface area (Å²) >= 11 is 12.4. The Morgan fingerprint density at radius 2 is 1.88 bits per heavy atom. The molecule has 2 aromatic carbocycles. The highest BCUT2D eigenvalue weighted by molar-refractivity contribution is 6.31. The number of carbonyl (C=O) groups excluding carboxylic acids is 2. The van der Waals surface area contributed by atoms with Crippen molar-refractivity contribution in [3.8, 4) is 5.75 Å². The van der Waals surface area contributed by atoms with Crippen molar-refractivity contribution in [2.45, 2.75) is 20.1 Å². The van der Waals surface area contributed by atoms with Gasteiger partial charge in [0.1, 0.15) is 17.5 Å². The van der Waals surface area contributed by atoms with Gasteiger partial charge in [0.15, 0.2) is 6.61 Å². The van der Waals surface area contributed by atoms with E-state index < -0.39 is 11.9 Å². The molecular formula is C23H21Cl2N3O4. The van der Waals surface area contributed by atoms with Crippen molar-refractivity contribution in [2.75, 3.05) is 6.61 Å². The highest BCUT2D eigenvalue weighted by Gasteiger charge is 2.12. The van der Waals surface area contributed by atoms with Crippen molar-refractivity contribution in [3.05, 3.63) is 87.2 Å². The second-order valence-electron chi connectivity index (χ2n) is 6.92. The summed E-state index contributed by atoms with van der Waals surface area (Å²) in [6, 6.07) is 14.3. The number of halogens is 2. The van der Waals surface area contributed by atoms with Crippen molar-refractivity contribution in [1.29, 1.82) is 0 Å². The predicted molar refractivity (Wildman–Crippen MR) is 122 cm³/mol. The van der Waals surface area contributed by atoms with E-state index in [1.54, 1.807) is 47.2 Å². The lowest BCUT2D eigenvalue weighted by atomic mass is 10.2. The number of rotatable bonds is 9. The highest BCUT2D eigenvalue weighted by Crippen LogP contribution is 2.23. The molecule has 0 aliphatic carbocycles. The fraction of sp³-hybridized carbons (Fsp3) is 0.174. The van der Waals surface area contributed by atoms with Crippen LogP contribution in [0.2, 0.25) is 10.2 Å². The number of carbonyl (C=O) groups is 2. The molecule has 0 aliphatic rings. The second-order valence-corrected chi connectivity index (χ2v) is 7.71. The van der Waals surface area contributed by atoms with E-state index in [1.165, 1.54) is 6.08 Å². The molecule has 3 rings (SSSR count). The number of hydrogen-bond acceptors (Lipinski definition) is 5. The third kappa shape index (κ3) is 6.60. The first-order valence-electron chi connectivity index (χ1n) is 9.64. The summed E-state index contributed by atoms with van der Waals surface area (Å²) in [6.45, 7) is 2.10. The minimum atomic E-state index is -0.572. The Morgan fingerprint density at radius 1 is 1.12 bits per heavy atom. The minimum absolute atomic E-state index is 0.0412. The standard InChI is InChI=1S/C23H21Cl2N3O4/c1-15-20(23(25)28(27-15)12-16-5-7-18(24)8-6-16)9-10-22(30)32-13-17-3-2-4-19(11-17)31-14-21(26)29/h2-11H,12-14H2,1H3,(H2,26,29)/b10-9+. The number of esters is 1. The zero-order valence-corrected chi connectivity index (χ0v) is 18.8. The molecule has 1 aromatic heterocycles. The van der Waals surface area contributed by atoms with Gasteiger partial charge >= 0.3 is 5.97 Å². The van der Waals surface area contributed by atoms with Gasteiger partial charge in [-0.2, -0.15) is 5.10 Å². The highest BCUT2D eigenvalue weighted by atomic mass is 35.5. The van der Waals surface area contributed by atoms with E-state index >= 15 is 0 Å². The van der Waals surface area contributed by atoms with E-state index in [0.29, 0.717) is 39.3 Å². The summed E-state index contributed by atoms with van der Waals surface area (Å²) in [5, 5.41) is 5.51. The van der Waals surface area contributed by atoms with Gasteiger partial charge in [-0.3, -0.25) is 4.79 Å². The maximum atomic E-state index is 12.2. The van der Waals surface area contributed by atoms with Crippen LogP contribution in [0.5, 0.6) is 5.75 Å². The van der Waals surface area contributed by atoms with E-state index in [1.807, 2.05) is 19.1 Å². The Kier molecular flexibility index (Phi) is 7.92. The predicted octanol–water partition coefficient (Wildman–Crippen LogP) is 4.17. The summed E-state index contributed by atoms with van der Waals surface area (Å²) in [4.78, 5) is 23.0. The van der Waals surface area contributed by atoms with Crippen LogP contribution in [0, 0.1) is 6.92 Å². The van der Waals surface area contributed by atoms with Gasteiger partial charge < -0.3 is 15.2 Å². The van der Waals surface area contributed by atoms with E-state index in [0.717, 1.165) is 5.56 Å². The van der Waals surface area contributed by atoms with Gasteiger partial charge in [0, 0.05) is 16.7 Å². The summed E-state index contributed by atoms with van der Waals surface area (Å²) in [6.07, 6.45) is 2.88. The lowest BCUT2D eigenvalue weighted by molar-refractivity contribution is -0.138. The van der Waals surface area contributed by atoms with Crippen molar-refractivity contribution in [2.24, 2.45) is 5.73 Å². The van der Waals surface area contributed by atoms with Gasteiger partial charge in [-0.25, -0.2) is 9.48 Å². The molecule has 0 saturated heterocycles. The van der Waals surface area contributed by atoms with E-state index in [2.05, 4.69) is 5.10 Å². The van der Waals surface area contributed by atoms with Gasteiger partial charge in [-0.15, -0.1) is 0 Å². The van der Waals surface area contributed by atoms with Gasteiger partial charge in [0.2, 0.25) is 0 Å². The fourth-order valence-corrected chi connectivity index (χ4v) is 3.28. The van der Waals surface area contributed by atoms with Crippen LogP contribution in [0.25, 0.3) is 6.08 Å². The molecule has 0 atom stereocenters. The molecule has 0 fully saturated rings. The molecule has 1 amide bonds. The summed E-state index contributed by atoms with van der Waals surface area (Å²) in [7, 11) is 0. The fourth-order valence-electron chi connectivity index (χ4n) is 2.86. The molecule has 0 radical (unpaired) electrons. The minimum Gasteiger partial charge on any atom is -0.484 e. The maximum absolute atomic E-state index is 12.2. The Hall–Kier alpha value is -3.29. The van der Waals surface area contributed by atoms with E-state index in [4.69, 9.17) is 38.4 Å². The molecule has 0 spiro atoms. The quantitative estimate of drug-likeness (QED) is 0.371. The van der Waals surface area contributed by atoms with Crippen molar-refractivity contribution >= 4 is 41.2 Å². The number of nitrogens with zero attached hydrogens (tertiary/aromatic N) is 2. The van der Waals surface area contributed by atoms with Gasteiger partial charge in [0.25, 0.3) is 5.91 Å². The topological polar surface area (TPSA) is 96.4 Å². The van der Waals surface area contributed by atoms with Crippen LogP contribution in [0.4, 0.5) is 0 Å². The number of amides is 1. The smallest absolute Gasteiger partial charge is 0.331 e. The van der Waals surface area contributed by atoms with Gasteiger partial charge in [0.05, 0.1) is 12.2 Å². The molecule has 0 aliphatic heterocycles. The number of aromatic nitrogens is 2. The lowest BCUT2D eigenvalue weighted by Crippen LogP contribution is -2.20. The summed E-state index contributed by atoms with van der Waals surface area (Å²) in [5.41, 5.74) is 8.09. The third-order valence-corrected chi connectivity index (χ3v) is 5.05. The monoisotopic (exact) mass is 473 g/mol. The second kappa shape index (κ2) is 10.8. The van der Waals surface area contributed by atoms with Crippen LogP contribution in [-0.4, -0.2) is 28.3 Å². The Balaban J connectivity index is 1.59. The molecule has 1 heterocycles. The third-order valence-electron chi connectivity index (χ3n) is 4.40. The first-order chi connectivity index (χ1) is 15.3. The Labute approximate surface area is 195 Å². The van der Waals surface area contributed by atoms with Crippen LogP contribution in [-0.2, 0) is 27.5 Å². The summed E-state index contributed by atoms with van der Waals surface area (Å²) < 4.78 is 12.2. The first-order valence-corrected chi connectivity index (χ1v) is 10.4. The molecule has 3 aromatic rings. The molecule has 0 bridgehead atoms. The van der Waals surface area contributed by atoms with Crippen molar-refractivity contribution < 1.29 is 19.1 Å². The normalized spacial score (nSPS) is 11.0.